The number of hydrogen-bond acceptors (Lipinski definition) is 5. The molecule has 0 fully saturated rings. The summed E-state index contributed by atoms with van der Waals surface area (Å²) in [6.07, 6.45) is 5.32. The standard InChI is InChI=1S/C18H18ClN5O2/c1-11-21-9-12(17(20)23-11)10-22-18(25)13-7-14(19)15(8-16(13)26-2)24-5-3-4-6-24/h3-9H,10H2,1-2H3,(H,22,25)(H2,20,21,23). The smallest absolute Gasteiger partial charge is 0.255 e. The van der Waals surface area contributed by atoms with E-state index >= 15 is 0 Å². The van der Waals surface area contributed by atoms with E-state index in [1.807, 2.05) is 29.1 Å². The highest BCUT2D eigenvalue weighted by Gasteiger charge is 2.17. The molecular weight excluding hydrogens is 354 g/mol. The average molecular weight is 372 g/mol. The molecule has 8 heteroatoms. The topological polar surface area (TPSA) is 95.1 Å². The molecule has 0 bridgehead atoms. The second-order valence-corrected chi connectivity index (χ2v) is 6.01. The summed E-state index contributed by atoms with van der Waals surface area (Å²) in [6, 6.07) is 7.08. The van der Waals surface area contributed by atoms with Crippen molar-refractivity contribution in [2.45, 2.75) is 13.5 Å². The summed E-state index contributed by atoms with van der Waals surface area (Å²) in [5.74, 6) is 1.00. The molecule has 3 N–H and O–H groups in total. The third-order valence-corrected chi connectivity index (χ3v) is 4.16. The fourth-order valence-electron chi connectivity index (χ4n) is 2.50. The normalized spacial score (nSPS) is 10.6. The van der Waals surface area contributed by atoms with Crippen molar-refractivity contribution in [1.29, 1.82) is 0 Å². The Labute approximate surface area is 155 Å². The first kappa shape index (κ1) is 17.8. The molecule has 0 spiro atoms. The van der Waals surface area contributed by atoms with Gasteiger partial charge in [-0.2, -0.15) is 0 Å². The van der Waals surface area contributed by atoms with Crippen molar-refractivity contribution in [2.24, 2.45) is 0 Å². The Bertz CT molecular complexity index is 941. The van der Waals surface area contributed by atoms with Gasteiger partial charge in [0.25, 0.3) is 5.91 Å². The number of aryl methyl sites for hydroxylation is 1. The largest absolute Gasteiger partial charge is 0.496 e. The summed E-state index contributed by atoms with van der Waals surface area (Å²) in [6.45, 7) is 1.95. The molecule has 0 saturated carbocycles. The molecular formula is C18H18ClN5O2. The predicted octanol–water partition coefficient (Wildman–Crippen LogP) is 2.75. The van der Waals surface area contributed by atoms with Crippen molar-refractivity contribution in [3.05, 3.63) is 64.8 Å². The van der Waals surface area contributed by atoms with Crippen LogP contribution in [0.15, 0.2) is 42.9 Å². The third kappa shape index (κ3) is 3.62. The lowest BCUT2D eigenvalue weighted by atomic mass is 10.1. The van der Waals surface area contributed by atoms with E-state index in [2.05, 4.69) is 15.3 Å². The SMILES string of the molecule is COc1cc(-n2cccc2)c(Cl)cc1C(=O)NCc1cnc(C)nc1N. The van der Waals surface area contributed by atoms with Gasteiger partial charge < -0.3 is 20.4 Å². The fraction of sp³-hybridized carbons (Fsp3) is 0.167. The molecule has 0 aliphatic heterocycles. The van der Waals surface area contributed by atoms with E-state index in [-0.39, 0.29) is 12.5 Å². The van der Waals surface area contributed by atoms with Crippen molar-refractivity contribution < 1.29 is 9.53 Å². The summed E-state index contributed by atoms with van der Waals surface area (Å²) < 4.78 is 7.21. The van der Waals surface area contributed by atoms with Gasteiger partial charge in [0, 0.05) is 36.8 Å². The molecule has 1 aromatic carbocycles. The number of nitrogens with one attached hydrogen (secondary N) is 1. The molecule has 0 saturated heterocycles. The summed E-state index contributed by atoms with van der Waals surface area (Å²) in [5.41, 5.74) is 7.54. The van der Waals surface area contributed by atoms with E-state index in [1.165, 1.54) is 7.11 Å². The van der Waals surface area contributed by atoms with Crippen LogP contribution in [0.1, 0.15) is 21.7 Å². The van der Waals surface area contributed by atoms with Crippen LogP contribution in [0.4, 0.5) is 5.82 Å². The Morgan fingerprint density at radius 2 is 2.08 bits per heavy atom. The third-order valence-electron chi connectivity index (χ3n) is 3.85. The van der Waals surface area contributed by atoms with E-state index < -0.39 is 0 Å². The fourth-order valence-corrected chi connectivity index (χ4v) is 2.76. The lowest BCUT2D eigenvalue weighted by Gasteiger charge is -2.14. The highest BCUT2D eigenvalue weighted by atomic mass is 35.5. The Balaban J connectivity index is 1.83. The number of nitrogens with two attached hydrogens (primary N) is 1. The van der Waals surface area contributed by atoms with Gasteiger partial charge in [-0.15, -0.1) is 0 Å². The number of aromatic nitrogens is 3. The maximum absolute atomic E-state index is 12.6. The minimum Gasteiger partial charge on any atom is -0.496 e. The number of benzene rings is 1. The van der Waals surface area contributed by atoms with Gasteiger partial charge in [0.1, 0.15) is 17.4 Å². The number of ether oxygens (including phenoxy) is 1. The number of anilines is 1. The van der Waals surface area contributed by atoms with Crippen LogP contribution in [0.5, 0.6) is 5.75 Å². The van der Waals surface area contributed by atoms with Crippen LogP contribution in [0.25, 0.3) is 5.69 Å². The molecule has 0 atom stereocenters. The zero-order valence-corrected chi connectivity index (χ0v) is 15.1. The van der Waals surface area contributed by atoms with E-state index in [9.17, 15) is 4.79 Å². The first-order valence-electron chi connectivity index (χ1n) is 7.86. The Morgan fingerprint density at radius 1 is 1.35 bits per heavy atom. The molecule has 134 valence electrons. The van der Waals surface area contributed by atoms with Gasteiger partial charge in [0.05, 0.1) is 23.4 Å². The lowest BCUT2D eigenvalue weighted by molar-refractivity contribution is 0.0948. The zero-order valence-electron chi connectivity index (χ0n) is 14.4. The van der Waals surface area contributed by atoms with Gasteiger partial charge in [-0.1, -0.05) is 11.6 Å². The zero-order chi connectivity index (χ0) is 18.7. The number of amides is 1. The molecule has 0 aliphatic rings. The first-order valence-corrected chi connectivity index (χ1v) is 8.24. The maximum Gasteiger partial charge on any atom is 0.255 e. The second-order valence-electron chi connectivity index (χ2n) is 5.60. The quantitative estimate of drug-likeness (QED) is 0.719. The molecule has 3 rings (SSSR count). The van der Waals surface area contributed by atoms with Crippen molar-refractivity contribution >= 4 is 23.3 Å². The Kier molecular flexibility index (Phi) is 5.09. The Morgan fingerprint density at radius 3 is 2.73 bits per heavy atom. The van der Waals surface area contributed by atoms with Gasteiger partial charge in [-0.3, -0.25) is 4.79 Å². The van der Waals surface area contributed by atoms with Gasteiger partial charge in [0.15, 0.2) is 0 Å². The number of hydrogen-bond donors (Lipinski definition) is 2. The van der Waals surface area contributed by atoms with Gasteiger partial charge in [-0.05, 0) is 25.1 Å². The van der Waals surface area contributed by atoms with Gasteiger partial charge in [0.2, 0.25) is 0 Å². The van der Waals surface area contributed by atoms with Crippen LogP contribution in [0, 0.1) is 6.92 Å². The molecule has 0 radical (unpaired) electrons. The van der Waals surface area contributed by atoms with E-state index in [0.29, 0.717) is 33.5 Å². The number of halogens is 1. The predicted molar refractivity (Wildman–Crippen MR) is 99.7 cm³/mol. The van der Waals surface area contributed by atoms with E-state index in [0.717, 1.165) is 5.69 Å². The van der Waals surface area contributed by atoms with E-state index in [1.54, 1.807) is 25.3 Å². The van der Waals surface area contributed by atoms with Crippen LogP contribution >= 0.6 is 11.6 Å². The van der Waals surface area contributed by atoms with Crippen LogP contribution in [-0.4, -0.2) is 27.6 Å². The van der Waals surface area contributed by atoms with Crippen molar-refractivity contribution in [1.82, 2.24) is 19.9 Å². The highest BCUT2D eigenvalue weighted by molar-refractivity contribution is 6.33. The number of nitrogen functional groups attached to an aromatic ring is 1. The minimum atomic E-state index is -0.331. The molecule has 2 heterocycles. The maximum atomic E-state index is 12.6. The minimum absolute atomic E-state index is 0.199. The molecule has 0 aliphatic carbocycles. The molecule has 2 aromatic heterocycles. The first-order chi connectivity index (χ1) is 12.5. The lowest BCUT2D eigenvalue weighted by Crippen LogP contribution is -2.24. The molecule has 26 heavy (non-hydrogen) atoms. The summed E-state index contributed by atoms with van der Waals surface area (Å²) in [5, 5.41) is 3.22. The number of carbonyl (C=O) groups excluding carboxylic acids is 1. The van der Waals surface area contributed by atoms with Gasteiger partial charge >= 0.3 is 0 Å². The number of carbonyl (C=O) groups is 1. The van der Waals surface area contributed by atoms with Crippen LogP contribution < -0.4 is 15.8 Å². The summed E-state index contributed by atoms with van der Waals surface area (Å²) >= 11 is 6.36. The van der Waals surface area contributed by atoms with Crippen LogP contribution in [0.3, 0.4) is 0 Å². The molecule has 0 unspecified atom stereocenters. The molecule has 1 amide bonds. The average Bonchev–Trinajstić information content (AvgIpc) is 3.15. The highest BCUT2D eigenvalue weighted by Crippen LogP contribution is 2.30. The van der Waals surface area contributed by atoms with Crippen molar-refractivity contribution in [3.63, 3.8) is 0 Å². The molecule has 3 aromatic rings. The van der Waals surface area contributed by atoms with Crippen LogP contribution in [0.2, 0.25) is 5.02 Å². The summed E-state index contributed by atoms with van der Waals surface area (Å²) in [7, 11) is 1.51. The Hall–Kier alpha value is -3.06. The number of rotatable bonds is 5. The van der Waals surface area contributed by atoms with Gasteiger partial charge in [-0.25, -0.2) is 9.97 Å². The van der Waals surface area contributed by atoms with E-state index in [4.69, 9.17) is 22.1 Å². The number of methoxy groups -OCH3 is 1. The number of nitrogens with zero attached hydrogens (tertiary/aromatic N) is 3. The monoisotopic (exact) mass is 371 g/mol. The second kappa shape index (κ2) is 7.45. The molecule has 7 nitrogen and oxygen atoms in total. The van der Waals surface area contributed by atoms with Crippen molar-refractivity contribution in [2.75, 3.05) is 12.8 Å². The summed E-state index contributed by atoms with van der Waals surface area (Å²) in [4.78, 5) is 20.8. The van der Waals surface area contributed by atoms with Crippen LogP contribution in [-0.2, 0) is 6.54 Å². The van der Waals surface area contributed by atoms with Crippen molar-refractivity contribution in [3.8, 4) is 11.4 Å².